The van der Waals surface area contributed by atoms with E-state index in [2.05, 4.69) is 10.6 Å². The summed E-state index contributed by atoms with van der Waals surface area (Å²) in [5.41, 5.74) is 0.395. The van der Waals surface area contributed by atoms with Crippen LogP contribution in [-0.4, -0.2) is 51.7 Å². The lowest BCUT2D eigenvalue weighted by Gasteiger charge is -2.27. The van der Waals surface area contributed by atoms with E-state index in [1.54, 1.807) is 6.07 Å². The van der Waals surface area contributed by atoms with Crippen molar-refractivity contribution in [2.75, 3.05) is 5.32 Å². The normalized spacial score (nSPS) is 20.3. The number of nitrogens with zero attached hydrogens (tertiary/aromatic N) is 1. The van der Waals surface area contributed by atoms with Crippen LogP contribution in [0.5, 0.6) is 0 Å². The summed E-state index contributed by atoms with van der Waals surface area (Å²) in [5, 5.41) is 14.3. The highest BCUT2D eigenvalue weighted by atomic mass is 16.4. The SMILES string of the molecule is CCCC(Nc1cccc2c1C(=O)N(C1CCC(=O)NC1=O)C2=O)C(=O)O. The molecule has 1 aromatic rings. The van der Waals surface area contributed by atoms with Crippen LogP contribution in [0.1, 0.15) is 53.3 Å². The second-order valence-corrected chi connectivity index (χ2v) is 6.50. The van der Waals surface area contributed by atoms with Crippen molar-refractivity contribution in [3.63, 3.8) is 0 Å². The van der Waals surface area contributed by atoms with Gasteiger partial charge in [-0.1, -0.05) is 19.4 Å². The Bertz CT molecular complexity index is 849. The number of rotatable bonds is 6. The monoisotopic (exact) mass is 373 g/mol. The third kappa shape index (κ3) is 3.27. The molecule has 3 N–H and O–H groups in total. The Balaban J connectivity index is 1.93. The Kier molecular flexibility index (Phi) is 4.93. The Labute approximate surface area is 154 Å². The number of carbonyl (C=O) groups is 5. The van der Waals surface area contributed by atoms with Crippen LogP contribution in [0.15, 0.2) is 18.2 Å². The number of piperidine rings is 1. The molecule has 0 bridgehead atoms. The highest BCUT2D eigenvalue weighted by Crippen LogP contribution is 2.32. The first kappa shape index (κ1) is 18.6. The van der Waals surface area contributed by atoms with Gasteiger partial charge in [0.05, 0.1) is 11.1 Å². The van der Waals surface area contributed by atoms with Crippen LogP contribution in [0, 0.1) is 0 Å². The smallest absolute Gasteiger partial charge is 0.326 e. The zero-order chi connectivity index (χ0) is 19.7. The second kappa shape index (κ2) is 7.18. The van der Waals surface area contributed by atoms with Gasteiger partial charge in [-0.25, -0.2) is 4.79 Å². The number of aliphatic carboxylic acids is 1. The zero-order valence-corrected chi connectivity index (χ0v) is 14.7. The standard InChI is InChI=1S/C18H19N3O6/c1-2-4-11(18(26)27)19-10-6-3-5-9-14(10)17(25)21(16(9)24)12-7-8-13(22)20-15(12)23/h3,5-6,11-12,19H,2,4,7-8H2,1H3,(H,26,27)(H,20,22,23). The summed E-state index contributed by atoms with van der Waals surface area (Å²) < 4.78 is 0. The predicted molar refractivity (Wildman–Crippen MR) is 93.1 cm³/mol. The highest BCUT2D eigenvalue weighted by molar-refractivity contribution is 6.25. The van der Waals surface area contributed by atoms with E-state index in [1.807, 2.05) is 6.92 Å². The number of imide groups is 2. The summed E-state index contributed by atoms with van der Waals surface area (Å²) in [6.07, 6.45) is 1.06. The van der Waals surface area contributed by atoms with Crippen LogP contribution >= 0.6 is 0 Å². The molecular formula is C18H19N3O6. The minimum absolute atomic E-state index is 0.0342. The number of carboxylic acid groups (broad SMARTS) is 1. The molecule has 142 valence electrons. The lowest BCUT2D eigenvalue weighted by atomic mass is 10.0. The first-order valence-corrected chi connectivity index (χ1v) is 8.69. The fourth-order valence-corrected chi connectivity index (χ4v) is 3.37. The second-order valence-electron chi connectivity index (χ2n) is 6.50. The molecule has 4 amide bonds. The number of amides is 4. The number of carbonyl (C=O) groups excluding carboxylic acids is 4. The molecule has 1 saturated heterocycles. The number of fused-ring (bicyclic) bond motifs is 1. The van der Waals surface area contributed by atoms with E-state index in [1.165, 1.54) is 12.1 Å². The van der Waals surface area contributed by atoms with Gasteiger partial charge in [-0.2, -0.15) is 0 Å². The van der Waals surface area contributed by atoms with Gasteiger partial charge < -0.3 is 10.4 Å². The van der Waals surface area contributed by atoms with E-state index in [0.29, 0.717) is 12.8 Å². The Hall–Kier alpha value is -3.23. The Morgan fingerprint density at radius 1 is 1.30 bits per heavy atom. The summed E-state index contributed by atoms with van der Waals surface area (Å²) in [5.74, 6) is -3.50. The van der Waals surface area contributed by atoms with E-state index in [0.717, 1.165) is 4.90 Å². The number of nitrogens with one attached hydrogen (secondary N) is 2. The average Bonchev–Trinajstić information content (AvgIpc) is 2.87. The Morgan fingerprint density at radius 3 is 2.67 bits per heavy atom. The molecule has 2 atom stereocenters. The highest BCUT2D eigenvalue weighted by Gasteiger charge is 2.45. The largest absolute Gasteiger partial charge is 0.480 e. The third-order valence-corrected chi connectivity index (χ3v) is 4.67. The molecular weight excluding hydrogens is 354 g/mol. The summed E-state index contributed by atoms with van der Waals surface area (Å²) in [6, 6.07) is 2.57. The number of anilines is 1. The third-order valence-electron chi connectivity index (χ3n) is 4.67. The molecule has 2 unspecified atom stereocenters. The molecule has 2 aliphatic heterocycles. The molecule has 0 aromatic heterocycles. The number of hydrogen-bond donors (Lipinski definition) is 3. The summed E-state index contributed by atoms with van der Waals surface area (Å²) in [6.45, 7) is 1.84. The predicted octanol–water partition coefficient (Wildman–Crippen LogP) is 0.753. The van der Waals surface area contributed by atoms with Crippen LogP contribution in [0.25, 0.3) is 0 Å². The van der Waals surface area contributed by atoms with Gasteiger partial charge in [0, 0.05) is 12.1 Å². The van der Waals surface area contributed by atoms with Gasteiger partial charge in [-0.15, -0.1) is 0 Å². The van der Waals surface area contributed by atoms with Gasteiger partial charge >= 0.3 is 5.97 Å². The van der Waals surface area contributed by atoms with Crippen LogP contribution < -0.4 is 10.6 Å². The lowest BCUT2D eigenvalue weighted by molar-refractivity contribution is -0.138. The Morgan fingerprint density at radius 2 is 2.04 bits per heavy atom. The summed E-state index contributed by atoms with van der Waals surface area (Å²) >= 11 is 0. The van der Waals surface area contributed by atoms with Gasteiger partial charge in [0.1, 0.15) is 12.1 Å². The van der Waals surface area contributed by atoms with Crippen molar-refractivity contribution in [3.05, 3.63) is 29.3 Å². The number of carboxylic acids is 1. The molecule has 1 aromatic carbocycles. The molecule has 9 nitrogen and oxygen atoms in total. The van der Waals surface area contributed by atoms with Crippen LogP contribution in [0.4, 0.5) is 5.69 Å². The fourth-order valence-electron chi connectivity index (χ4n) is 3.37. The van der Waals surface area contributed by atoms with Crippen molar-refractivity contribution in [2.45, 2.75) is 44.7 Å². The van der Waals surface area contributed by atoms with Crippen molar-refractivity contribution < 1.29 is 29.1 Å². The maximum atomic E-state index is 12.9. The maximum absolute atomic E-state index is 12.9. The van der Waals surface area contributed by atoms with Crippen LogP contribution in [-0.2, 0) is 14.4 Å². The van der Waals surface area contributed by atoms with Crippen LogP contribution in [0.3, 0.4) is 0 Å². The minimum Gasteiger partial charge on any atom is -0.480 e. The molecule has 0 saturated carbocycles. The summed E-state index contributed by atoms with van der Waals surface area (Å²) in [4.78, 5) is 61.3. The molecule has 0 radical (unpaired) electrons. The molecule has 9 heteroatoms. The zero-order valence-electron chi connectivity index (χ0n) is 14.7. The number of benzene rings is 1. The van der Waals surface area contributed by atoms with E-state index < -0.39 is 41.7 Å². The fraction of sp³-hybridized carbons (Fsp3) is 0.389. The molecule has 0 spiro atoms. The van der Waals surface area contributed by atoms with Gasteiger partial charge in [0.15, 0.2) is 0 Å². The first-order chi connectivity index (χ1) is 12.8. The quantitative estimate of drug-likeness (QED) is 0.627. The van der Waals surface area contributed by atoms with Gasteiger partial charge in [0.2, 0.25) is 11.8 Å². The minimum atomic E-state index is -1.06. The van der Waals surface area contributed by atoms with Crippen molar-refractivity contribution in [2.24, 2.45) is 0 Å². The average molecular weight is 373 g/mol. The maximum Gasteiger partial charge on any atom is 0.326 e. The number of hydrogen-bond acceptors (Lipinski definition) is 6. The van der Waals surface area contributed by atoms with E-state index in [9.17, 15) is 29.1 Å². The molecule has 3 rings (SSSR count). The topological polar surface area (TPSA) is 133 Å². The molecule has 27 heavy (non-hydrogen) atoms. The molecule has 2 aliphatic rings. The van der Waals surface area contributed by atoms with Crippen molar-refractivity contribution >= 4 is 35.3 Å². The summed E-state index contributed by atoms with van der Waals surface area (Å²) in [7, 11) is 0. The van der Waals surface area contributed by atoms with Gasteiger partial charge in [0.25, 0.3) is 11.8 Å². The van der Waals surface area contributed by atoms with Gasteiger partial charge in [-0.3, -0.25) is 29.4 Å². The van der Waals surface area contributed by atoms with Crippen molar-refractivity contribution in [3.8, 4) is 0 Å². The van der Waals surface area contributed by atoms with Crippen molar-refractivity contribution in [1.29, 1.82) is 0 Å². The molecule has 0 aliphatic carbocycles. The van der Waals surface area contributed by atoms with E-state index >= 15 is 0 Å². The van der Waals surface area contributed by atoms with Gasteiger partial charge in [-0.05, 0) is 25.0 Å². The van der Waals surface area contributed by atoms with Crippen molar-refractivity contribution in [1.82, 2.24) is 10.2 Å². The van der Waals surface area contributed by atoms with E-state index in [4.69, 9.17) is 0 Å². The van der Waals surface area contributed by atoms with E-state index in [-0.39, 0.29) is 29.7 Å². The first-order valence-electron chi connectivity index (χ1n) is 8.69. The lowest BCUT2D eigenvalue weighted by Crippen LogP contribution is -2.54. The van der Waals surface area contributed by atoms with Crippen LogP contribution in [0.2, 0.25) is 0 Å². The molecule has 2 heterocycles. The molecule has 1 fully saturated rings.